The van der Waals surface area contributed by atoms with Crippen LogP contribution in [-0.2, 0) is 4.74 Å². The molecule has 0 radical (unpaired) electrons. The number of para-hydroxylation sites is 1. The van der Waals surface area contributed by atoms with Gasteiger partial charge in [0.25, 0.3) is 0 Å². The van der Waals surface area contributed by atoms with E-state index in [9.17, 15) is 4.39 Å². The second-order valence-electron chi connectivity index (χ2n) is 5.70. The summed E-state index contributed by atoms with van der Waals surface area (Å²) >= 11 is 0. The van der Waals surface area contributed by atoms with Crippen molar-refractivity contribution in [1.82, 2.24) is 4.90 Å². The van der Waals surface area contributed by atoms with E-state index in [0.29, 0.717) is 17.8 Å². The molecule has 2 unspecified atom stereocenters. The minimum Gasteiger partial charge on any atom is -0.381 e. The molecule has 1 N–H and O–H groups in total. The molecule has 0 spiro atoms. The molecule has 1 aliphatic carbocycles. The number of hydrogen-bond donors (Lipinski definition) is 1. The summed E-state index contributed by atoms with van der Waals surface area (Å²) in [6.07, 6.45) is 5.46. The maximum atomic E-state index is 13.5. The highest BCUT2D eigenvalue weighted by Gasteiger charge is 2.33. The van der Waals surface area contributed by atoms with Crippen molar-refractivity contribution in [2.45, 2.75) is 37.8 Å². The molecule has 1 heterocycles. The first-order chi connectivity index (χ1) is 9.84. The fourth-order valence-corrected chi connectivity index (χ4v) is 3.39. The normalized spacial score (nSPS) is 27.1. The van der Waals surface area contributed by atoms with Crippen LogP contribution in [0.5, 0.6) is 0 Å². The summed E-state index contributed by atoms with van der Waals surface area (Å²) in [5.41, 5.74) is 0.598. The van der Waals surface area contributed by atoms with Gasteiger partial charge in [-0.3, -0.25) is 4.90 Å². The third-order valence-electron chi connectivity index (χ3n) is 4.44. The van der Waals surface area contributed by atoms with Gasteiger partial charge in [-0.15, -0.1) is 0 Å². The van der Waals surface area contributed by atoms with Crippen LogP contribution in [0.25, 0.3) is 0 Å². The highest BCUT2D eigenvalue weighted by Crippen LogP contribution is 2.28. The Bertz CT molecular complexity index is 438. The lowest BCUT2D eigenvalue weighted by molar-refractivity contribution is -0.0865. The molecule has 1 saturated heterocycles. The average molecular weight is 278 g/mol. The fraction of sp³-hybridized carbons (Fsp3) is 0.625. The molecule has 2 fully saturated rings. The number of morpholine rings is 1. The summed E-state index contributed by atoms with van der Waals surface area (Å²) in [4.78, 5) is 2.52. The van der Waals surface area contributed by atoms with Crippen molar-refractivity contribution in [3.8, 4) is 0 Å². The molecule has 110 valence electrons. The van der Waals surface area contributed by atoms with E-state index < -0.39 is 0 Å². The summed E-state index contributed by atoms with van der Waals surface area (Å²) in [6, 6.07) is 7.43. The zero-order valence-electron chi connectivity index (χ0n) is 11.9. The maximum Gasteiger partial charge on any atom is 0.146 e. The summed E-state index contributed by atoms with van der Waals surface area (Å²) in [5.74, 6) is -0.176. The van der Waals surface area contributed by atoms with Gasteiger partial charge in [0.15, 0.2) is 0 Å². The smallest absolute Gasteiger partial charge is 0.146 e. The summed E-state index contributed by atoms with van der Waals surface area (Å²) in [6.45, 7) is 3.57. The van der Waals surface area contributed by atoms with Crippen LogP contribution in [0.4, 0.5) is 10.1 Å². The Morgan fingerprint density at radius 1 is 1.25 bits per heavy atom. The van der Waals surface area contributed by atoms with Crippen molar-refractivity contribution < 1.29 is 9.13 Å². The van der Waals surface area contributed by atoms with Gasteiger partial charge >= 0.3 is 0 Å². The van der Waals surface area contributed by atoms with E-state index in [4.69, 9.17) is 4.74 Å². The summed E-state index contributed by atoms with van der Waals surface area (Å²) in [5, 5.41) is 3.20. The van der Waals surface area contributed by atoms with Gasteiger partial charge in [-0.1, -0.05) is 25.0 Å². The van der Waals surface area contributed by atoms with Crippen LogP contribution < -0.4 is 5.32 Å². The lowest BCUT2D eigenvalue weighted by Gasteiger charge is -2.43. The first-order valence-electron chi connectivity index (χ1n) is 7.68. The Labute approximate surface area is 120 Å². The van der Waals surface area contributed by atoms with Crippen molar-refractivity contribution in [1.29, 1.82) is 0 Å². The Balaban J connectivity index is 1.51. The van der Waals surface area contributed by atoms with Gasteiger partial charge in [0.2, 0.25) is 0 Å². The van der Waals surface area contributed by atoms with Gasteiger partial charge in [0, 0.05) is 25.7 Å². The van der Waals surface area contributed by atoms with Crippen LogP contribution in [0, 0.1) is 5.82 Å². The van der Waals surface area contributed by atoms with E-state index in [1.807, 2.05) is 6.07 Å². The number of hydrogen-bond acceptors (Lipinski definition) is 3. The lowest BCUT2D eigenvalue weighted by atomic mass is 9.90. The van der Waals surface area contributed by atoms with Crippen molar-refractivity contribution in [2.75, 3.05) is 31.6 Å². The van der Waals surface area contributed by atoms with Crippen LogP contribution in [0.3, 0.4) is 0 Å². The van der Waals surface area contributed by atoms with Crippen molar-refractivity contribution in [3.63, 3.8) is 0 Å². The number of benzene rings is 1. The minimum absolute atomic E-state index is 0.176. The first-order valence-corrected chi connectivity index (χ1v) is 7.68. The summed E-state index contributed by atoms with van der Waals surface area (Å²) < 4.78 is 19.4. The molecule has 1 aromatic carbocycles. The molecular formula is C16H23FN2O. The highest BCUT2D eigenvalue weighted by molar-refractivity contribution is 5.44. The highest BCUT2D eigenvalue weighted by atomic mass is 19.1. The van der Waals surface area contributed by atoms with Gasteiger partial charge in [-0.05, 0) is 25.0 Å². The number of halogens is 1. The predicted octanol–water partition coefficient (Wildman–Crippen LogP) is 2.88. The number of nitrogens with zero attached hydrogens (tertiary/aromatic N) is 1. The van der Waals surface area contributed by atoms with Crippen molar-refractivity contribution in [3.05, 3.63) is 30.1 Å². The van der Waals surface area contributed by atoms with Gasteiger partial charge < -0.3 is 10.1 Å². The molecule has 0 amide bonds. The van der Waals surface area contributed by atoms with Crippen LogP contribution in [-0.4, -0.2) is 43.3 Å². The Hall–Kier alpha value is -1.13. The van der Waals surface area contributed by atoms with Gasteiger partial charge in [-0.25, -0.2) is 4.39 Å². The standard InChI is InChI=1S/C16H23FN2O/c17-13-5-1-2-6-14(13)18-9-10-19-11-12-20-16-8-4-3-7-15(16)19/h1-2,5-6,15-16,18H,3-4,7-12H2. The second kappa shape index (κ2) is 6.55. The van der Waals surface area contributed by atoms with Gasteiger partial charge in [0.1, 0.15) is 5.82 Å². The Morgan fingerprint density at radius 2 is 2.10 bits per heavy atom. The fourth-order valence-electron chi connectivity index (χ4n) is 3.39. The van der Waals surface area contributed by atoms with Gasteiger partial charge in [0.05, 0.1) is 18.4 Å². The molecule has 4 heteroatoms. The minimum atomic E-state index is -0.176. The van der Waals surface area contributed by atoms with Crippen LogP contribution in [0.1, 0.15) is 25.7 Å². The number of ether oxygens (including phenoxy) is 1. The zero-order chi connectivity index (χ0) is 13.8. The number of fused-ring (bicyclic) bond motifs is 1. The summed E-state index contributed by atoms with van der Waals surface area (Å²) in [7, 11) is 0. The third kappa shape index (κ3) is 3.13. The first kappa shape index (κ1) is 13.8. The average Bonchev–Trinajstić information content (AvgIpc) is 2.49. The third-order valence-corrected chi connectivity index (χ3v) is 4.44. The number of rotatable bonds is 4. The lowest BCUT2D eigenvalue weighted by Crippen LogP contribution is -2.53. The van der Waals surface area contributed by atoms with Crippen LogP contribution >= 0.6 is 0 Å². The quantitative estimate of drug-likeness (QED) is 0.916. The molecular weight excluding hydrogens is 255 g/mol. The predicted molar refractivity (Wildman–Crippen MR) is 78.5 cm³/mol. The largest absolute Gasteiger partial charge is 0.381 e. The molecule has 1 aliphatic heterocycles. The van der Waals surface area contributed by atoms with Crippen LogP contribution in [0.2, 0.25) is 0 Å². The van der Waals surface area contributed by atoms with Crippen molar-refractivity contribution >= 4 is 5.69 Å². The molecule has 2 atom stereocenters. The Kier molecular flexibility index (Phi) is 4.53. The molecule has 20 heavy (non-hydrogen) atoms. The molecule has 1 saturated carbocycles. The number of nitrogens with one attached hydrogen (secondary N) is 1. The van der Waals surface area contributed by atoms with E-state index in [0.717, 1.165) is 26.2 Å². The maximum absolute atomic E-state index is 13.5. The van der Waals surface area contributed by atoms with Gasteiger partial charge in [-0.2, -0.15) is 0 Å². The SMILES string of the molecule is Fc1ccccc1NCCN1CCOC2CCCCC21. The second-order valence-corrected chi connectivity index (χ2v) is 5.70. The Morgan fingerprint density at radius 3 is 3.00 bits per heavy atom. The number of anilines is 1. The molecule has 0 bridgehead atoms. The van der Waals surface area contributed by atoms with E-state index >= 15 is 0 Å². The van der Waals surface area contributed by atoms with E-state index in [1.54, 1.807) is 12.1 Å². The molecule has 0 aromatic heterocycles. The molecule has 1 aromatic rings. The zero-order valence-corrected chi connectivity index (χ0v) is 11.9. The monoisotopic (exact) mass is 278 g/mol. The van der Waals surface area contributed by atoms with E-state index in [2.05, 4.69) is 10.2 Å². The molecule has 3 rings (SSSR count). The molecule has 2 aliphatic rings. The van der Waals surface area contributed by atoms with Crippen molar-refractivity contribution in [2.24, 2.45) is 0 Å². The van der Waals surface area contributed by atoms with E-state index in [1.165, 1.54) is 31.7 Å². The van der Waals surface area contributed by atoms with E-state index in [-0.39, 0.29) is 5.82 Å². The topological polar surface area (TPSA) is 24.5 Å². The molecule has 3 nitrogen and oxygen atoms in total. The van der Waals surface area contributed by atoms with Crippen LogP contribution in [0.15, 0.2) is 24.3 Å².